The molecule has 6 heavy (non-hydrogen) atoms. The molecule has 0 saturated heterocycles. The fraction of sp³-hybridized carbons (Fsp3) is 0. The van der Waals surface area contributed by atoms with Gasteiger partial charge in [-0.2, -0.15) is 4.52 Å². The van der Waals surface area contributed by atoms with Crippen LogP contribution >= 0.6 is 8.18 Å². The summed E-state index contributed by atoms with van der Waals surface area (Å²) in [7, 11) is -2.21. The quantitative estimate of drug-likeness (QED) is 0.379. The molecule has 0 heterocycles. The molecule has 0 aliphatic heterocycles. The van der Waals surface area contributed by atoms with E-state index in [0.717, 1.165) is 6.26 Å². The van der Waals surface area contributed by atoms with Gasteiger partial charge in [0, 0.05) is 4.57 Å². The van der Waals surface area contributed by atoms with Crippen molar-refractivity contribution in [1.29, 1.82) is 5.26 Å². The SMILES string of the molecule is N#CO[P+](N)=O. The summed E-state index contributed by atoms with van der Waals surface area (Å²) in [6.07, 6.45) is 1.16. The Bertz CT molecular complexity index is 94.2. The Kier molecular flexibility index (Phi) is 2.30. The van der Waals surface area contributed by atoms with Gasteiger partial charge in [-0.3, -0.25) is 0 Å². The van der Waals surface area contributed by atoms with E-state index in [4.69, 9.17) is 5.26 Å². The molecule has 0 aromatic heterocycles. The number of hydrogen-bond donors (Lipinski definition) is 1. The van der Waals surface area contributed by atoms with Crippen LogP contribution in [0.3, 0.4) is 0 Å². The standard InChI is InChI=1S/CH2N2O2P/c2-1-5-6(3)4/h(H2,3,4)/q+1. The molecule has 0 aliphatic rings. The normalized spacial score (nSPS) is 9.00. The smallest absolute Gasteiger partial charge is 0.154 e. The number of hydrogen-bond acceptors (Lipinski definition) is 3. The third kappa shape index (κ3) is 3.35. The highest BCUT2D eigenvalue weighted by Crippen LogP contribution is 2.05. The van der Waals surface area contributed by atoms with E-state index >= 15 is 0 Å². The molecule has 0 fully saturated rings. The second kappa shape index (κ2) is 2.58. The van der Waals surface area contributed by atoms with Crippen LogP contribution in [0, 0.1) is 11.5 Å². The fourth-order valence-electron chi connectivity index (χ4n) is 0.0402. The average molecular weight is 105 g/mol. The van der Waals surface area contributed by atoms with E-state index in [9.17, 15) is 4.57 Å². The third-order valence-electron chi connectivity index (χ3n) is 0.131. The molecule has 1 unspecified atom stereocenters. The third-order valence-corrected chi connectivity index (χ3v) is 0.392. The van der Waals surface area contributed by atoms with Gasteiger partial charge in [-0.15, -0.1) is 5.26 Å². The van der Waals surface area contributed by atoms with Gasteiger partial charge in [0.15, 0.2) is 0 Å². The monoisotopic (exact) mass is 105 g/mol. The van der Waals surface area contributed by atoms with Crippen LogP contribution in [0.15, 0.2) is 0 Å². The Morgan fingerprint density at radius 1 is 2.00 bits per heavy atom. The maximum absolute atomic E-state index is 9.52. The molecule has 0 aliphatic carbocycles. The van der Waals surface area contributed by atoms with Crippen molar-refractivity contribution < 1.29 is 9.09 Å². The summed E-state index contributed by atoms with van der Waals surface area (Å²) in [5.41, 5.74) is 4.47. The van der Waals surface area contributed by atoms with Gasteiger partial charge in [-0.1, -0.05) is 5.50 Å². The van der Waals surface area contributed by atoms with Crippen LogP contribution in [0.2, 0.25) is 0 Å². The second-order valence-electron chi connectivity index (χ2n) is 0.468. The summed E-state index contributed by atoms with van der Waals surface area (Å²) >= 11 is 0. The van der Waals surface area contributed by atoms with Crippen LogP contribution < -0.4 is 5.50 Å². The topological polar surface area (TPSA) is 76.1 Å². The van der Waals surface area contributed by atoms with Gasteiger partial charge in [-0.25, -0.2) is 0 Å². The highest BCUT2D eigenvalue weighted by Gasteiger charge is 2.04. The molecule has 0 aromatic carbocycles. The zero-order valence-corrected chi connectivity index (χ0v) is 3.68. The predicted octanol–water partition coefficient (Wildman–Crippen LogP) is 0.100. The largest absolute Gasteiger partial charge is 0.671 e. The van der Waals surface area contributed by atoms with Gasteiger partial charge in [0.1, 0.15) is 0 Å². The summed E-state index contributed by atoms with van der Waals surface area (Å²) in [4.78, 5) is 0. The van der Waals surface area contributed by atoms with Crippen LogP contribution in [-0.2, 0) is 9.09 Å². The van der Waals surface area contributed by atoms with Crippen molar-refractivity contribution in [1.82, 2.24) is 0 Å². The van der Waals surface area contributed by atoms with E-state index in [-0.39, 0.29) is 0 Å². The molecule has 0 rings (SSSR count). The lowest BCUT2D eigenvalue weighted by Gasteiger charge is -1.56. The highest BCUT2D eigenvalue weighted by atomic mass is 31.1. The molecule has 0 radical (unpaired) electrons. The number of nitriles is 1. The van der Waals surface area contributed by atoms with Crippen molar-refractivity contribution in [2.45, 2.75) is 0 Å². The van der Waals surface area contributed by atoms with Crippen molar-refractivity contribution in [3.63, 3.8) is 0 Å². The lowest BCUT2D eigenvalue weighted by Crippen LogP contribution is -1.75. The average Bonchev–Trinajstić information content (AvgIpc) is 1.35. The molecular weight excluding hydrogens is 103 g/mol. The molecule has 5 heteroatoms. The molecule has 2 N–H and O–H groups in total. The van der Waals surface area contributed by atoms with Gasteiger partial charge < -0.3 is 0 Å². The van der Waals surface area contributed by atoms with E-state index in [1.165, 1.54) is 0 Å². The van der Waals surface area contributed by atoms with Crippen LogP contribution in [0.1, 0.15) is 0 Å². The van der Waals surface area contributed by atoms with Crippen molar-refractivity contribution in [2.24, 2.45) is 5.50 Å². The molecular formula is CH2N2O2P+. The Morgan fingerprint density at radius 2 is 2.50 bits per heavy atom. The van der Waals surface area contributed by atoms with Crippen LogP contribution in [0.25, 0.3) is 0 Å². The Labute approximate surface area is 35.4 Å². The minimum Gasteiger partial charge on any atom is -0.154 e. The lowest BCUT2D eigenvalue weighted by molar-refractivity contribution is 0.480. The highest BCUT2D eigenvalue weighted by molar-refractivity contribution is 7.36. The molecule has 0 spiro atoms. The lowest BCUT2D eigenvalue weighted by atomic mass is 11.6. The fourth-order valence-corrected chi connectivity index (χ4v) is 0.121. The van der Waals surface area contributed by atoms with Crippen LogP contribution in [0.5, 0.6) is 0 Å². The Hall–Kier alpha value is -0.650. The van der Waals surface area contributed by atoms with Gasteiger partial charge in [0.05, 0.1) is 0 Å². The maximum Gasteiger partial charge on any atom is 0.671 e. The molecule has 4 nitrogen and oxygen atoms in total. The van der Waals surface area contributed by atoms with E-state index in [0.29, 0.717) is 0 Å². The second-order valence-corrected chi connectivity index (χ2v) is 1.22. The van der Waals surface area contributed by atoms with Gasteiger partial charge in [0.25, 0.3) is 0 Å². The summed E-state index contributed by atoms with van der Waals surface area (Å²) in [6.45, 7) is 0. The van der Waals surface area contributed by atoms with Crippen LogP contribution in [0.4, 0.5) is 0 Å². The maximum atomic E-state index is 9.52. The Balaban J connectivity index is 3.13. The number of nitrogens with zero attached hydrogens (tertiary/aromatic N) is 1. The molecule has 1 atom stereocenters. The molecule has 0 amide bonds. The van der Waals surface area contributed by atoms with E-state index in [1.54, 1.807) is 0 Å². The Morgan fingerprint density at radius 3 is 2.50 bits per heavy atom. The minimum absolute atomic E-state index is 1.16. The van der Waals surface area contributed by atoms with Crippen LogP contribution in [-0.4, -0.2) is 0 Å². The number of rotatable bonds is 1. The van der Waals surface area contributed by atoms with Gasteiger partial charge in [-0.05, 0) is 0 Å². The van der Waals surface area contributed by atoms with Crippen molar-refractivity contribution in [2.75, 3.05) is 0 Å². The summed E-state index contributed by atoms with van der Waals surface area (Å²) in [5.74, 6) is 0. The van der Waals surface area contributed by atoms with Crippen molar-refractivity contribution >= 4 is 8.18 Å². The van der Waals surface area contributed by atoms with Gasteiger partial charge in [0.2, 0.25) is 0 Å². The van der Waals surface area contributed by atoms with E-state index < -0.39 is 8.18 Å². The predicted molar refractivity (Wildman–Crippen MR) is 18.5 cm³/mol. The van der Waals surface area contributed by atoms with Gasteiger partial charge >= 0.3 is 14.4 Å². The van der Waals surface area contributed by atoms with E-state index in [1.807, 2.05) is 0 Å². The zero-order chi connectivity index (χ0) is 4.99. The zero-order valence-electron chi connectivity index (χ0n) is 2.79. The first-order valence-electron chi connectivity index (χ1n) is 1.05. The molecule has 0 bridgehead atoms. The number of nitrogens with two attached hydrogens (primary N) is 1. The first-order chi connectivity index (χ1) is 2.77. The van der Waals surface area contributed by atoms with Crippen molar-refractivity contribution in [3.8, 4) is 6.26 Å². The first-order valence-corrected chi connectivity index (χ1v) is 2.30. The summed E-state index contributed by atoms with van der Waals surface area (Å²) in [5, 5.41) is 7.50. The first kappa shape index (κ1) is 5.35. The van der Waals surface area contributed by atoms with E-state index in [2.05, 4.69) is 10.0 Å². The molecule has 0 saturated carbocycles. The molecule has 32 valence electrons. The summed E-state index contributed by atoms with van der Waals surface area (Å²) in [6, 6.07) is 0. The summed E-state index contributed by atoms with van der Waals surface area (Å²) < 4.78 is 13.2. The molecule has 0 aromatic rings. The van der Waals surface area contributed by atoms with Crippen molar-refractivity contribution in [3.05, 3.63) is 0 Å². The minimum atomic E-state index is -2.21.